The molecular weight excluding hydrogens is 290 g/mol. The van der Waals surface area contributed by atoms with Gasteiger partial charge in [-0.15, -0.1) is 0 Å². The van der Waals surface area contributed by atoms with Crippen LogP contribution in [0.15, 0.2) is 18.3 Å². The zero-order chi connectivity index (χ0) is 16.3. The largest absolute Gasteiger partial charge is 0.458 e. The number of hydrogen-bond acceptors (Lipinski definition) is 4. The molecule has 0 radical (unpaired) electrons. The molecule has 0 amide bonds. The van der Waals surface area contributed by atoms with E-state index < -0.39 is 5.60 Å². The Balaban J connectivity index is 1.78. The van der Waals surface area contributed by atoms with Crippen LogP contribution in [0.4, 0.5) is 0 Å². The summed E-state index contributed by atoms with van der Waals surface area (Å²) in [6.45, 7) is 2.09. The summed E-state index contributed by atoms with van der Waals surface area (Å²) in [5.74, 6) is 0.0393. The van der Waals surface area contributed by atoms with Crippen molar-refractivity contribution in [2.75, 3.05) is 0 Å². The van der Waals surface area contributed by atoms with Crippen molar-refractivity contribution in [3.05, 3.63) is 29.6 Å². The Hall–Kier alpha value is -1.71. The fourth-order valence-corrected chi connectivity index (χ4v) is 4.11. The fourth-order valence-electron chi connectivity index (χ4n) is 4.11. The summed E-state index contributed by atoms with van der Waals surface area (Å²) in [7, 11) is 0. The van der Waals surface area contributed by atoms with Gasteiger partial charge in [-0.2, -0.15) is 0 Å². The number of ketones is 1. The number of aromatic nitrogens is 1. The molecule has 1 aliphatic heterocycles. The SMILES string of the molecule is CCc1cc(CCC2(C3CCCC3)CC(=O)CC(=O)O2)ccn1. The average molecular weight is 315 g/mol. The van der Waals surface area contributed by atoms with Gasteiger partial charge >= 0.3 is 5.97 Å². The normalized spacial score (nSPS) is 25.6. The second-order valence-electron chi connectivity index (χ2n) is 6.92. The summed E-state index contributed by atoms with van der Waals surface area (Å²) in [5, 5.41) is 0. The second-order valence-corrected chi connectivity index (χ2v) is 6.92. The van der Waals surface area contributed by atoms with Crippen molar-refractivity contribution in [3.8, 4) is 0 Å². The number of rotatable bonds is 5. The first-order valence-electron chi connectivity index (χ1n) is 8.78. The summed E-state index contributed by atoms with van der Waals surface area (Å²) >= 11 is 0. The predicted molar refractivity (Wildman–Crippen MR) is 87.0 cm³/mol. The first kappa shape index (κ1) is 16.2. The van der Waals surface area contributed by atoms with E-state index in [0.717, 1.165) is 37.8 Å². The van der Waals surface area contributed by atoms with Gasteiger partial charge in [0, 0.05) is 18.3 Å². The number of pyridine rings is 1. The Bertz CT molecular complexity index is 574. The van der Waals surface area contributed by atoms with Crippen LogP contribution in [0.1, 0.15) is 63.1 Å². The molecule has 1 aromatic rings. The molecule has 1 aliphatic carbocycles. The van der Waals surface area contributed by atoms with E-state index in [1.807, 2.05) is 12.3 Å². The fraction of sp³-hybridized carbons (Fsp3) is 0.632. The molecule has 0 bridgehead atoms. The summed E-state index contributed by atoms with van der Waals surface area (Å²) in [6.07, 6.45) is 9.15. The van der Waals surface area contributed by atoms with E-state index >= 15 is 0 Å². The molecule has 0 N–H and O–H groups in total. The van der Waals surface area contributed by atoms with Crippen LogP contribution in [0.2, 0.25) is 0 Å². The first-order chi connectivity index (χ1) is 11.1. The van der Waals surface area contributed by atoms with Gasteiger partial charge in [0.15, 0.2) is 0 Å². The smallest absolute Gasteiger partial charge is 0.313 e. The number of carbonyl (C=O) groups is 2. The maximum atomic E-state index is 12.0. The molecule has 1 atom stereocenters. The monoisotopic (exact) mass is 315 g/mol. The molecule has 0 spiro atoms. The average Bonchev–Trinajstić information content (AvgIpc) is 3.07. The molecule has 1 aromatic heterocycles. The molecule has 2 heterocycles. The third-order valence-corrected chi connectivity index (χ3v) is 5.33. The van der Waals surface area contributed by atoms with E-state index in [-0.39, 0.29) is 18.2 Å². The molecule has 1 saturated carbocycles. The lowest BCUT2D eigenvalue weighted by molar-refractivity contribution is -0.178. The first-order valence-corrected chi connectivity index (χ1v) is 8.78. The van der Waals surface area contributed by atoms with Crippen LogP contribution in [0.3, 0.4) is 0 Å². The lowest BCUT2D eigenvalue weighted by Crippen LogP contribution is -2.48. The number of cyclic esters (lactones) is 1. The van der Waals surface area contributed by atoms with Gasteiger partial charge in [-0.05, 0) is 55.7 Å². The Labute approximate surface area is 137 Å². The van der Waals surface area contributed by atoms with Gasteiger partial charge in [-0.3, -0.25) is 14.6 Å². The molecule has 1 saturated heterocycles. The van der Waals surface area contributed by atoms with Crippen LogP contribution in [-0.4, -0.2) is 22.3 Å². The molecule has 23 heavy (non-hydrogen) atoms. The zero-order valence-corrected chi connectivity index (χ0v) is 13.8. The molecule has 4 nitrogen and oxygen atoms in total. The van der Waals surface area contributed by atoms with Gasteiger partial charge in [0.2, 0.25) is 0 Å². The maximum Gasteiger partial charge on any atom is 0.313 e. The molecule has 124 valence electrons. The van der Waals surface area contributed by atoms with E-state index in [0.29, 0.717) is 12.3 Å². The van der Waals surface area contributed by atoms with Crippen LogP contribution >= 0.6 is 0 Å². The van der Waals surface area contributed by atoms with E-state index in [1.54, 1.807) is 0 Å². The number of carbonyl (C=O) groups excluding carboxylic acids is 2. The van der Waals surface area contributed by atoms with Crippen LogP contribution in [0.5, 0.6) is 0 Å². The van der Waals surface area contributed by atoms with Gasteiger partial charge in [-0.25, -0.2) is 0 Å². The molecule has 2 aliphatic rings. The highest BCUT2D eigenvalue weighted by Crippen LogP contribution is 2.43. The van der Waals surface area contributed by atoms with Crippen molar-refractivity contribution in [1.29, 1.82) is 0 Å². The van der Waals surface area contributed by atoms with Gasteiger partial charge < -0.3 is 4.74 Å². The quantitative estimate of drug-likeness (QED) is 0.617. The number of hydrogen-bond donors (Lipinski definition) is 0. The highest BCUT2D eigenvalue weighted by Gasteiger charge is 2.47. The van der Waals surface area contributed by atoms with Gasteiger partial charge in [-0.1, -0.05) is 19.8 Å². The standard InChI is InChI=1S/C19H25NO3/c1-2-16-11-14(8-10-20-16)7-9-19(15-5-3-4-6-15)13-17(21)12-18(22)23-19/h8,10-11,15H,2-7,9,12-13H2,1H3. The van der Waals surface area contributed by atoms with Crippen molar-refractivity contribution in [1.82, 2.24) is 4.98 Å². The number of aryl methyl sites for hydroxylation is 2. The second kappa shape index (κ2) is 6.81. The van der Waals surface area contributed by atoms with Crippen molar-refractivity contribution < 1.29 is 14.3 Å². The topological polar surface area (TPSA) is 56.3 Å². The third kappa shape index (κ3) is 3.62. The number of Topliss-reactive ketones (excluding diaryl/α,β-unsaturated/α-hetero) is 1. The summed E-state index contributed by atoms with van der Waals surface area (Å²) in [5.41, 5.74) is 1.72. The molecule has 3 rings (SSSR count). The Kier molecular flexibility index (Phi) is 4.79. The minimum absolute atomic E-state index is 0.0390. The van der Waals surface area contributed by atoms with Gasteiger partial charge in [0.1, 0.15) is 17.8 Å². The molecule has 4 heteroatoms. The van der Waals surface area contributed by atoms with Crippen molar-refractivity contribution >= 4 is 11.8 Å². The van der Waals surface area contributed by atoms with E-state index in [2.05, 4.69) is 18.0 Å². The predicted octanol–water partition coefficient (Wildman–Crippen LogP) is 3.41. The third-order valence-electron chi connectivity index (χ3n) is 5.33. The summed E-state index contributed by atoms with van der Waals surface area (Å²) in [6, 6.07) is 4.14. The van der Waals surface area contributed by atoms with Gasteiger partial charge in [0.05, 0.1) is 0 Å². The van der Waals surface area contributed by atoms with Crippen LogP contribution in [0.25, 0.3) is 0 Å². The minimum Gasteiger partial charge on any atom is -0.458 e. The Morgan fingerprint density at radius 3 is 2.78 bits per heavy atom. The highest BCUT2D eigenvalue weighted by molar-refractivity contribution is 5.98. The number of ether oxygens (including phenoxy) is 1. The molecular formula is C19H25NO3. The van der Waals surface area contributed by atoms with Crippen molar-refractivity contribution in [2.24, 2.45) is 5.92 Å². The van der Waals surface area contributed by atoms with Crippen molar-refractivity contribution in [3.63, 3.8) is 0 Å². The summed E-state index contributed by atoms with van der Waals surface area (Å²) < 4.78 is 5.83. The van der Waals surface area contributed by atoms with Gasteiger partial charge in [0.25, 0.3) is 0 Å². The van der Waals surface area contributed by atoms with Crippen LogP contribution < -0.4 is 0 Å². The number of esters is 1. The Morgan fingerprint density at radius 1 is 1.30 bits per heavy atom. The van der Waals surface area contributed by atoms with Crippen molar-refractivity contribution in [2.45, 2.75) is 70.3 Å². The molecule has 0 aromatic carbocycles. The molecule has 2 fully saturated rings. The Morgan fingerprint density at radius 2 is 2.09 bits per heavy atom. The lowest BCUT2D eigenvalue weighted by atomic mass is 9.76. The number of nitrogens with zero attached hydrogens (tertiary/aromatic N) is 1. The van der Waals surface area contributed by atoms with Crippen LogP contribution in [-0.2, 0) is 27.2 Å². The minimum atomic E-state index is -0.571. The van der Waals surface area contributed by atoms with E-state index in [9.17, 15) is 9.59 Å². The summed E-state index contributed by atoms with van der Waals surface area (Å²) in [4.78, 5) is 28.3. The zero-order valence-electron chi connectivity index (χ0n) is 13.8. The van der Waals surface area contributed by atoms with E-state index in [4.69, 9.17) is 4.74 Å². The van der Waals surface area contributed by atoms with Crippen LogP contribution in [0, 0.1) is 5.92 Å². The molecule has 1 unspecified atom stereocenters. The lowest BCUT2D eigenvalue weighted by Gasteiger charge is -2.41. The van der Waals surface area contributed by atoms with E-state index in [1.165, 1.54) is 18.4 Å². The highest BCUT2D eigenvalue weighted by atomic mass is 16.6. The maximum absolute atomic E-state index is 12.0.